The summed E-state index contributed by atoms with van der Waals surface area (Å²) in [4.78, 5) is 19.1. The van der Waals surface area contributed by atoms with Gasteiger partial charge in [0.05, 0.1) is 16.3 Å². The zero-order chi connectivity index (χ0) is 20.1. The topological polar surface area (TPSA) is 63.9 Å². The molecule has 0 aliphatic carbocycles. The number of carbonyl (C=O) groups is 1. The molecule has 1 unspecified atom stereocenters. The molecule has 1 aliphatic rings. The minimum Gasteiger partial charge on any atom is -0.327 e. The van der Waals surface area contributed by atoms with Crippen molar-refractivity contribution in [1.82, 2.24) is 24.6 Å². The summed E-state index contributed by atoms with van der Waals surface area (Å²) in [5.74, 6) is 0.382. The number of benzene rings is 2. The fourth-order valence-corrected chi connectivity index (χ4v) is 4.52. The number of hydrogen-bond acceptors (Lipinski definition) is 5. The second kappa shape index (κ2) is 6.70. The number of rotatable bonds is 2. The number of halogens is 2. The van der Waals surface area contributed by atoms with Gasteiger partial charge in [-0.05, 0) is 43.3 Å². The molecule has 0 radical (unpaired) electrons. The lowest BCUT2D eigenvalue weighted by Crippen LogP contribution is -2.41. The molecule has 1 atom stereocenters. The summed E-state index contributed by atoms with van der Waals surface area (Å²) in [5.41, 5.74) is 1.01. The molecule has 6 nitrogen and oxygen atoms in total. The van der Waals surface area contributed by atoms with Crippen LogP contribution in [0.3, 0.4) is 0 Å². The number of nitrogens with zero attached hydrogens (tertiary/aromatic N) is 5. The molecule has 29 heavy (non-hydrogen) atoms. The van der Waals surface area contributed by atoms with Crippen molar-refractivity contribution in [2.24, 2.45) is 0 Å². The van der Waals surface area contributed by atoms with E-state index in [1.54, 1.807) is 11.0 Å². The van der Waals surface area contributed by atoms with Gasteiger partial charge in [-0.2, -0.15) is 0 Å². The van der Waals surface area contributed by atoms with Crippen LogP contribution in [0, 0.1) is 11.6 Å². The lowest BCUT2D eigenvalue weighted by atomic mass is 10.1. The minimum absolute atomic E-state index is 0.177. The van der Waals surface area contributed by atoms with Crippen LogP contribution in [0.1, 0.15) is 29.1 Å². The molecule has 3 heterocycles. The molecule has 0 saturated heterocycles. The van der Waals surface area contributed by atoms with Crippen molar-refractivity contribution in [3.05, 3.63) is 65.5 Å². The van der Waals surface area contributed by atoms with E-state index in [0.29, 0.717) is 40.8 Å². The fourth-order valence-electron chi connectivity index (χ4n) is 3.58. The van der Waals surface area contributed by atoms with Gasteiger partial charge >= 0.3 is 0 Å². The Labute approximate surface area is 168 Å². The number of thiazole rings is 1. The van der Waals surface area contributed by atoms with Crippen molar-refractivity contribution in [1.29, 1.82) is 0 Å². The molecule has 0 N–H and O–H groups in total. The molecule has 2 aromatic carbocycles. The minimum atomic E-state index is -0.381. The molecule has 0 spiro atoms. The molecule has 5 rings (SSSR count). The van der Waals surface area contributed by atoms with Gasteiger partial charge in [-0.15, -0.1) is 21.5 Å². The van der Waals surface area contributed by atoms with E-state index in [9.17, 15) is 13.6 Å². The zero-order valence-electron chi connectivity index (χ0n) is 15.3. The highest BCUT2D eigenvalue weighted by Crippen LogP contribution is 2.33. The number of fused-ring (bicyclic) bond motifs is 2. The summed E-state index contributed by atoms with van der Waals surface area (Å²) in [5, 5.41) is 9.25. The van der Waals surface area contributed by atoms with E-state index in [1.807, 2.05) is 11.5 Å². The number of hydrogen-bond donors (Lipinski definition) is 0. The zero-order valence-corrected chi connectivity index (χ0v) is 16.2. The standard InChI is InChI=1S/C20H15F2N5OS/c1-11-17-24-25-18(19-23-15-10-14(22)6-7-16(15)29-19)27(17)9-8-26(11)20(28)12-2-4-13(21)5-3-12/h2-7,10-11H,8-9H2,1H3. The van der Waals surface area contributed by atoms with Crippen LogP contribution < -0.4 is 0 Å². The first-order valence-corrected chi connectivity index (χ1v) is 9.89. The lowest BCUT2D eigenvalue weighted by molar-refractivity contribution is 0.0638. The average Bonchev–Trinajstić information content (AvgIpc) is 3.32. The van der Waals surface area contributed by atoms with Crippen LogP contribution >= 0.6 is 11.3 Å². The van der Waals surface area contributed by atoms with E-state index >= 15 is 0 Å². The maximum Gasteiger partial charge on any atom is 0.254 e. The van der Waals surface area contributed by atoms with Gasteiger partial charge in [-0.3, -0.25) is 4.79 Å². The van der Waals surface area contributed by atoms with Crippen LogP contribution in [0.25, 0.3) is 21.0 Å². The van der Waals surface area contributed by atoms with Crippen molar-refractivity contribution in [3.63, 3.8) is 0 Å². The number of amides is 1. The van der Waals surface area contributed by atoms with Crippen LogP contribution in [0.15, 0.2) is 42.5 Å². The third kappa shape index (κ3) is 2.98. The first-order valence-electron chi connectivity index (χ1n) is 9.07. The Morgan fingerprint density at radius 3 is 2.62 bits per heavy atom. The summed E-state index contributed by atoms with van der Waals surface area (Å²) in [6.07, 6.45) is 0. The highest BCUT2D eigenvalue weighted by atomic mass is 32.1. The second-order valence-corrected chi connectivity index (χ2v) is 7.88. The Morgan fingerprint density at radius 2 is 1.83 bits per heavy atom. The average molecular weight is 411 g/mol. The molecular weight excluding hydrogens is 396 g/mol. The van der Waals surface area contributed by atoms with Gasteiger partial charge in [-0.1, -0.05) is 0 Å². The predicted molar refractivity (Wildman–Crippen MR) is 104 cm³/mol. The highest BCUT2D eigenvalue weighted by molar-refractivity contribution is 7.21. The fraction of sp³-hybridized carbons (Fsp3) is 0.200. The third-order valence-electron chi connectivity index (χ3n) is 5.08. The summed E-state index contributed by atoms with van der Waals surface area (Å²) in [7, 11) is 0. The van der Waals surface area contributed by atoms with E-state index < -0.39 is 0 Å². The molecule has 1 aliphatic heterocycles. The molecule has 0 saturated carbocycles. The SMILES string of the molecule is CC1c2nnc(-c3nc4cc(F)ccc4s3)n2CCN1C(=O)c1ccc(F)cc1. The summed E-state index contributed by atoms with van der Waals surface area (Å²) >= 11 is 1.43. The van der Waals surface area contributed by atoms with E-state index in [0.717, 1.165) is 4.70 Å². The maximum atomic E-state index is 13.5. The van der Waals surface area contributed by atoms with Crippen LogP contribution in [-0.4, -0.2) is 37.1 Å². The normalized spacial score (nSPS) is 16.2. The lowest BCUT2D eigenvalue weighted by Gasteiger charge is -2.33. The van der Waals surface area contributed by atoms with Crippen LogP contribution in [0.5, 0.6) is 0 Å². The molecule has 4 aromatic rings. The van der Waals surface area contributed by atoms with Crippen LogP contribution in [-0.2, 0) is 6.54 Å². The smallest absolute Gasteiger partial charge is 0.254 e. The highest BCUT2D eigenvalue weighted by Gasteiger charge is 2.32. The van der Waals surface area contributed by atoms with E-state index in [2.05, 4.69) is 15.2 Å². The van der Waals surface area contributed by atoms with Gasteiger partial charge in [-0.25, -0.2) is 13.8 Å². The number of carbonyl (C=O) groups excluding carboxylic acids is 1. The Balaban J connectivity index is 1.47. The Hall–Kier alpha value is -3.20. The predicted octanol–water partition coefficient (Wildman–Crippen LogP) is 4.05. The molecule has 1 amide bonds. The molecular formula is C20H15F2N5OS. The van der Waals surface area contributed by atoms with Gasteiger partial charge < -0.3 is 9.47 Å². The van der Waals surface area contributed by atoms with E-state index in [-0.39, 0.29) is 23.6 Å². The Kier molecular flexibility index (Phi) is 4.13. The first-order chi connectivity index (χ1) is 14.0. The molecule has 9 heteroatoms. The van der Waals surface area contributed by atoms with Crippen molar-refractivity contribution in [3.8, 4) is 10.8 Å². The molecule has 0 bridgehead atoms. The van der Waals surface area contributed by atoms with Gasteiger partial charge in [0.25, 0.3) is 5.91 Å². The van der Waals surface area contributed by atoms with Crippen LogP contribution in [0.2, 0.25) is 0 Å². The summed E-state index contributed by atoms with van der Waals surface area (Å²) in [6, 6.07) is 9.72. The number of aromatic nitrogens is 4. The van der Waals surface area contributed by atoms with E-state index in [1.165, 1.54) is 47.7 Å². The van der Waals surface area contributed by atoms with Gasteiger partial charge in [0, 0.05) is 24.7 Å². The Morgan fingerprint density at radius 1 is 1.07 bits per heavy atom. The first kappa shape index (κ1) is 17.9. The van der Waals surface area contributed by atoms with Gasteiger partial charge in [0.1, 0.15) is 11.6 Å². The van der Waals surface area contributed by atoms with Crippen molar-refractivity contribution in [2.45, 2.75) is 19.5 Å². The maximum absolute atomic E-state index is 13.5. The monoisotopic (exact) mass is 411 g/mol. The quantitative estimate of drug-likeness (QED) is 0.499. The van der Waals surface area contributed by atoms with E-state index in [4.69, 9.17) is 0 Å². The second-order valence-electron chi connectivity index (χ2n) is 6.85. The van der Waals surface area contributed by atoms with Crippen molar-refractivity contribution >= 4 is 27.5 Å². The van der Waals surface area contributed by atoms with Gasteiger partial charge in [0.2, 0.25) is 0 Å². The van der Waals surface area contributed by atoms with Crippen molar-refractivity contribution in [2.75, 3.05) is 6.54 Å². The van der Waals surface area contributed by atoms with Crippen molar-refractivity contribution < 1.29 is 13.6 Å². The summed E-state index contributed by atoms with van der Waals surface area (Å²) in [6.45, 7) is 2.87. The van der Waals surface area contributed by atoms with Crippen LogP contribution in [0.4, 0.5) is 8.78 Å². The third-order valence-corrected chi connectivity index (χ3v) is 6.11. The summed E-state index contributed by atoms with van der Waals surface area (Å²) < 4.78 is 29.4. The molecule has 146 valence electrons. The molecule has 0 fully saturated rings. The Bertz CT molecular complexity index is 1230. The van der Waals surface area contributed by atoms with Gasteiger partial charge in [0.15, 0.2) is 16.7 Å². The largest absolute Gasteiger partial charge is 0.327 e. The molecule has 2 aromatic heterocycles.